The number of hydrogen-bond donors (Lipinski definition) is 1. The molecule has 1 aliphatic heterocycles. The molecule has 0 atom stereocenters. The normalized spacial score (nSPS) is 14.1. The summed E-state index contributed by atoms with van der Waals surface area (Å²) in [5.74, 6) is 0.162. The van der Waals surface area contributed by atoms with E-state index in [9.17, 15) is 24.5 Å². The van der Waals surface area contributed by atoms with E-state index in [1.54, 1.807) is 48.5 Å². The summed E-state index contributed by atoms with van der Waals surface area (Å²) in [6, 6.07) is 18.5. The van der Waals surface area contributed by atoms with Crippen LogP contribution in [0.15, 0.2) is 71.6 Å². The van der Waals surface area contributed by atoms with Gasteiger partial charge < -0.3 is 14.8 Å². The number of hydrogen-bond acceptors (Lipinski definition) is 8. The summed E-state index contributed by atoms with van der Waals surface area (Å²) < 4.78 is 11.2. The zero-order valence-corrected chi connectivity index (χ0v) is 22.9. The average Bonchev–Trinajstić information content (AvgIpc) is 3.19. The Hall–Kier alpha value is -4.64. The molecule has 3 aromatic carbocycles. The van der Waals surface area contributed by atoms with Crippen molar-refractivity contribution in [2.45, 2.75) is 26.4 Å². The second-order valence-electron chi connectivity index (χ2n) is 9.22. The van der Waals surface area contributed by atoms with Crippen LogP contribution in [0.2, 0.25) is 0 Å². The number of rotatable bonds is 10. The van der Waals surface area contributed by atoms with Crippen LogP contribution in [-0.4, -0.2) is 40.5 Å². The zero-order chi connectivity index (χ0) is 28.8. The number of non-ortho nitro benzene ring substituents is 1. The fourth-order valence-electron chi connectivity index (χ4n) is 3.85. The molecule has 3 amide bonds. The van der Waals surface area contributed by atoms with E-state index in [2.05, 4.69) is 19.2 Å². The van der Waals surface area contributed by atoms with Gasteiger partial charge >= 0.3 is 0 Å². The van der Waals surface area contributed by atoms with Gasteiger partial charge in [-0.3, -0.25) is 29.4 Å². The maximum Gasteiger partial charge on any atom is 0.294 e. The molecule has 10 nitrogen and oxygen atoms in total. The van der Waals surface area contributed by atoms with E-state index in [0.717, 1.165) is 27.8 Å². The van der Waals surface area contributed by atoms with Crippen LogP contribution in [0.5, 0.6) is 11.5 Å². The molecule has 0 aromatic heterocycles. The lowest BCUT2D eigenvalue weighted by molar-refractivity contribution is -0.384. The number of anilines is 1. The molecular weight excluding hydrogens is 534 g/mol. The van der Waals surface area contributed by atoms with Crippen molar-refractivity contribution in [3.05, 3.63) is 98.4 Å². The molecule has 0 bridgehead atoms. The number of thioether (sulfide) groups is 1. The maximum absolute atomic E-state index is 12.9. The number of ether oxygens (including phenoxy) is 2. The molecule has 1 aliphatic rings. The first-order valence-corrected chi connectivity index (χ1v) is 13.2. The standard InChI is InChI=1S/C29H27N3O7S/c1-18(2)21-7-9-22(10-8-21)30-27(33)16-31-28(34)26(40-29(31)35)15-20-6-13-24(25(14-20)38-3)39-17-19-4-11-23(12-5-19)32(36)37/h4-15,18H,16-17H2,1-3H3,(H,30,33)/b26-15+. The number of carbonyl (C=O) groups excluding carboxylic acids is 3. The molecule has 11 heteroatoms. The number of benzene rings is 3. The summed E-state index contributed by atoms with van der Waals surface area (Å²) in [5.41, 5.74) is 3.04. The molecule has 1 fully saturated rings. The highest BCUT2D eigenvalue weighted by Crippen LogP contribution is 2.35. The van der Waals surface area contributed by atoms with Crippen molar-refractivity contribution < 1.29 is 28.8 Å². The fourth-order valence-corrected chi connectivity index (χ4v) is 4.69. The van der Waals surface area contributed by atoms with Gasteiger partial charge in [0.05, 0.1) is 16.9 Å². The number of nitro groups is 1. The summed E-state index contributed by atoms with van der Waals surface area (Å²) in [6.07, 6.45) is 1.55. The highest BCUT2D eigenvalue weighted by Gasteiger charge is 2.36. The smallest absolute Gasteiger partial charge is 0.294 e. The fraction of sp³-hybridized carbons (Fsp3) is 0.207. The number of nitro benzene ring substituents is 1. The highest BCUT2D eigenvalue weighted by molar-refractivity contribution is 8.18. The molecule has 3 aromatic rings. The minimum Gasteiger partial charge on any atom is -0.493 e. The number of imide groups is 1. The van der Waals surface area contributed by atoms with Gasteiger partial charge in [0.1, 0.15) is 13.2 Å². The predicted octanol–water partition coefficient (Wildman–Crippen LogP) is 5.98. The number of nitrogens with zero attached hydrogens (tertiary/aromatic N) is 2. The minimum atomic E-state index is -0.558. The summed E-state index contributed by atoms with van der Waals surface area (Å²) in [6.45, 7) is 3.91. The third-order valence-electron chi connectivity index (χ3n) is 6.06. The van der Waals surface area contributed by atoms with Gasteiger partial charge in [-0.25, -0.2) is 0 Å². The lowest BCUT2D eigenvalue weighted by atomic mass is 10.0. The Bertz CT molecular complexity index is 1470. The molecule has 1 N–H and O–H groups in total. The van der Waals surface area contributed by atoms with Crippen molar-refractivity contribution >= 4 is 46.3 Å². The van der Waals surface area contributed by atoms with Crippen molar-refractivity contribution in [1.29, 1.82) is 0 Å². The van der Waals surface area contributed by atoms with Crippen LogP contribution in [-0.2, 0) is 16.2 Å². The molecule has 0 spiro atoms. The average molecular weight is 562 g/mol. The van der Waals surface area contributed by atoms with E-state index in [0.29, 0.717) is 28.7 Å². The van der Waals surface area contributed by atoms with Gasteiger partial charge in [-0.2, -0.15) is 0 Å². The van der Waals surface area contributed by atoms with Gasteiger partial charge in [0, 0.05) is 17.8 Å². The van der Waals surface area contributed by atoms with Crippen LogP contribution >= 0.6 is 11.8 Å². The van der Waals surface area contributed by atoms with Crippen molar-refractivity contribution in [1.82, 2.24) is 4.90 Å². The lowest BCUT2D eigenvalue weighted by Gasteiger charge is -2.13. The second kappa shape index (κ2) is 12.5. The van der Waals surface area contributed by atoms with Crippen LogP contribution in [0.4, 0.5) is 16.2 Å². The first-order chi connectivity index (χ1) is 19.1. The lowest BCUT2D eigenvalue weighted by Crippen LogP contribution is -2.36. The molecule has 0 unspecified atom stereocenters. The van der Waals surface area contributed by atoms with E-state index in [1.165, 1.54) is 19.2 Å². The van der Waals surface area contributed by atoms with Gasteiger partial charge in [0.25, 0.3) is 16.8 Å². The maximum atomic E-state index is 12.9. The molecule has 0 saturated carbocycles. The Kier molecular flexibility index (Phi) is 8.85. The Morgan fingerprint density at radius 3 is 2.38 bits per heavy atom. The van der Waals surface area contributed by atoms with Gasteiger partial charge in [-0.15, -0.1) is 0 Å². The largest absolute Gasteiger partial charge is 0.493 e. The zero-order valence-electron chi connectivity index (χ0n) is 22.1. The number of nitrogens with one attached hydrogen (secondary N) is 1. The molecule has 0 aliphatic carbocycles. The highest BCUT2D eigenvalue weighted by atomic mass is 32.2. The van der Waals surface area contributed by atoms with Gasteiger partial charge in [0.2, 0.25) is 5.91 Å². The molecule has 4 rings (SSSR count). The Balaban J connectivity index is 1.39. The van der Waals surface area contributed by atoms with Gasteiger partial charge in [0.15, 0.2) is 11.5 Å². The van der Waals surface area contributed by atoms with E-state index >= 15 is 0 Å². The Labute approximate surface area is 235 Å². The van der Waals surface area contributed by atoms with Crippen LogP contribution < -0.4 is 14.8 Å². The van der Waals surface area contributed by atoms with Crippen molar-refractivity contribution in [3.8, 4) is 11.5 Å². The van der Waals surface area contributed by atoms with E-state index < -0.39 is 28.5 Å². The van der Waals surface area contributed by atoms with E-state index in [4.69, 9.17) is 9.47 Å². The summed E-state index contributed by atoms with van der Waals surface area (Å²) in [5, 5.41) is 13.0. The van der Waals surface area contributed by atoms with Gasteiger partial charge in [-0.1, -0.05) is 32.0 Å². The van der Waals surface area contributed by atoms with Crippen molar-refractivity contribution in [2.24, 2.45) is 0 Å². The quantitative estimate of drug-likeness (QED) is 0.182. The van der Waals surface area contributed by atoms with Crippen LogP contribution in [0.1, 0.15) is 36.5 Å². The Morgan fingerprint density at radius 2 is 1.75 bits per heavy atom. The van der Waals surface area contributed by atoms with E-state index in [1.807, 2.05) is 12.1 Å². The first kappa shape index (κ1) is 28.4. The van der Waals surface area contributed by atoms with Crippen LogP contribution in [0.3, 0.4) is 0 Å². The predicted molar refractivity (Wildman–Crippen MR) is 152 cm³/mol. The van der Waals surface area contributed by atoms with Gasteiger partial charge in [-0.05, 0) is 76.8 Å². The Morgan fingerprint density at radius 1 is 1.05 bits per heavy atom. The molecule has 40 heavy (non-hydrogen) atoms. The number of carbonyl (C=O) groups is 3. The van der Waals surface area contributed by atoms with E-state index in [-0.39, 0.29) is 17.2 Å². The second-order valence-corrected chi connectivity index (χ2v) is 10.2. The first-order valence-electron chi connectivity index (χ1n) is 12.3. The SMILES string of the molecule is COc1cc(/C=C2/SC(=O)N(CC(=O)Nc3ccc(C(C)C)cc3)C2=O)ccc1OCc1ccc([N+](=O)[O-])cc1. The molecular formula is C29H27N3O7S. The van der Waals surface area contributed by atoms with Crippen LogP contribution in [0, 0.1) is 10.1 Å². The number of methoxy groups -OCH3 is 1. The minimum absolute atomic E-state index is 0.00730. The van der Waals surface area contributed by atoms with Crippen molar-refractivity contribution in [3.63, 3.8) is 0 Å². The third-order valence-corrected chi connectivity index (χ3v) is 6.97. The van der Waals surface area contributed by atoms with Crippen LogP contribution in [0.25, 0.3) is 6.08 Å². The topological polar surface area (TPSA) is 128 Å². The monoisotopic (exact) mass is 561 g/mol. The third kappa shape index (κ3) is 6.86. The molecule has 206 valence electrons. The molecule has 0 radical (unpaired) electrons. The number of amides is 3. The van der Waals surface area contributed by atoms with Crippen molar-refractivity contribution in [2.75, 3.05) is 19.0 Å². The summed E-state index contributed by atoms with van der Waals surface area (Å²) >= 11 is 0.757. The molecule has 1 saturated heterocycles. The summed E-state index contributed by atoms with van der Waals surface area (Å²) in [7, 11) is 1.47. The molecule has 1 heterocycles. The summed E-state index contributed by atoms with van der Waals surface area (Å²) in [4.78, 5) is 49.4.